The van der Waals surface area contributed by atoms with E-state index in [0.29, 0.717) is 19.8 Å². The van der Waals surface area contributed by atoms with Crippen LogP contribution in [-0.2, 0) is 11.2 Å². The van der Waals surface area contributed by atoms with E-state index in [1.165, 1.54) is 11.1 Å². The Balaban J connectivity index is 1.47. The fourth-order valence-corrected chi connectivity index (χ4v) is 4.34. The summed E-state index contributed by atoms with van der Waals surface area (Å²) in [7, 11) is 0. The molecule has 2 aromatic carbocycles. The largest absolute Gasteiger partial charge is 0.490 e. The van der Waals surface area contributed by atoms with Crippen LogP contribution in [-0.4, -0.2) is 37.1 Å². The molecule has 1 unspecified atom stereocenters. The van der Waals surface area contributed by atoms with E-state index in [0.717, 1.165) is 55.0 Å². The second-order valence-corrected chi connectivity index (χ2v) is 7.82. The highest BCUT2D eigenvalue weighted by Crippen LogP contribution is 2.38. The maximum Gasteiger partial charge on any atom is 0.242 e. The summed E-state index contributed by atoms with van der Waals surface area (Å²) in [6, 6.07) is 12.5. The standard InChI is InChI=1S/C24H30N2O3/c1-3-18-8-4-7-17(2)24(18)25-16-23(27)26-12-5-9-20(26)19-10-11-21-22(15-19)29-14-6-13-28-21/h4,7-8,10-11,15,20,25H,3,5-6,9,12-14,16H2,1-2H3. The molecule has 2 aromatic rings. The quantitative estimate of drug-likeness (QED) is 0.812. The van der Waals surface area contributed by atoms with Crippen molar-refractivity contribution < 1.29 is 14.3 Å². The molecule has 0 spiro atoms. The van der Waals surface area contributed by atoms with Crippen LogP contribution in [0.3, 0.4) is 0 Å². The minimum Gasteiger partial charge on any atom is -0.490 e. The van der Waals surface area contributed by atoms with Gasteiger partial charge < -0.3 is 19.7 Å². The van der Waals surface area contributed by atoms with Crippen LogP contribution < -0.4 is 14.8 Å². The molecule has 0 aromatic heterocycles. The zero-order chi connectivity index (χ0) is 20.2. The number of para-hydroxylation sites is 1. The van der Waals surface area contributed by atoms with E-state index in [1.807, 2.05) is 11.0 Å². The predicted molar refractivity (Wildman–Crippen MR) is 115 cm³/mol. The number of fused-ring (bicyclic) bond motifs is 1. The first-order valence-electron chi connectivity index (χ1n) is 10.7. The van der Waals surface area contributed by atoms with E-state index in [9.17, 15) is 4.79 Å². The van der Waals surface area contributed by atoms with Crippen molar-refractivity contribution in [2.24, 2.45) is 0 Å². The molecule has 2 heterocycles. The zero-order valence-electron chi connectivity index (χ0n) is 17.4. The second kappa shape index (κ2) is 8.76. The van der Waals surface area contributed by atoms with Crippen molar-refractivity contribution in [2.75, 3.05) is 31.6 Å². The highest BCUT2D eigenvalue weighted by Gasteiger charge is 2.30. The van der Waals surface area contributed by atoms with Gasteiger partial charge in [0, 0.05) is 18.7 Å². The molecule has 2 aliphatic rings. The number of anilines is 1. The third-order valence-electron chi connectivity index (χ3n) is 5.89. The van der Waals surface area contributed by atoms with Crippen molar-refractivity contribution in [3.63, 3.8) is 0 Å². The maximum atomic E-state index is 13.1. The fraction of sp³-hybridized carbons (Fsp3) is 0.458. The molecular formula is C24H30N2O3. The molecule has 0 saturated carbocycles. The van der Waals surface area contributed by atoms with E-state index in [2.05, 4.69) is 49.5 Å². The Kier molecular flexibility index (Phi) is 5.93. The summed E-state index contributed by atoms with van der Waals surface area (Å²) < 4.78 is 11.6. The van der Waals surface area contributed by atoms with Gasteiger partial charge in [-0.25, -0.2) is 0 Å². The van der Waals surface area contributed by atoms with Crippen LogP contribution in [0.2, 0.25) is 0 Å². The summed E-state index contributed by atoms with van der Waals surface area (Å²) in [5.41, 5.74) is 4.65. The second-order valence-electron chi connectivity index (χ2n) is 7.82. The minimum atomic E-state index is 0.101. The molecule has 1 saturated heterocycles. The lowest BCUT2D eigenvalue weighted by Gasteiger charge is -2.26. The normalized spacial score (nSPS) is 18.4. The van der Waals surface area contributed by atoms with Crippen molar-refractivity contribution in [3.8, 4) is 11.5 Å². The first-order valence-corrected chi connectivity index (χ1v) is 10.7. The Morgan fingerprint density at radius 2 is 1.97 bits per heavy atom. The Bertz CT molecular complexity index is 880. The molecular weight excluding hydrogens is 364 g/mol. The molecule has 1 fully saturated rings. The molecule has 5 heteroatoms. The average molecular weight is 395 g/mol. The van der Waals surface area contributed by atoms with E-state index in [-0.39, 0.29) is 11.9 Å². The van der Waals surface area contributed by atoms with Crippen LogP contribution in [0.5, 0.6) is 11.5 Å². The Morgan fingerprint density at radius 1 is 1.14 bits per heavy atom. The van der Waals surface area contributed by atoms with E-state index in [1.54, 1.807) is 0 Å². The van der Waals surface area contributed by atoms with Crippen molar-refractivity contribution >= 4 is 11.6 Å². The first kappa shape index (κ1) is 19.6. The summed E-state index contributed by atoms with van der Waals surface area (Å²) in [6.45, 7) is 6.70. The van der Waals surface area contributed by atoms with E-state index in [4.69, 9.17) is 9.47 Å². The average Bonchev–Trinajstić information content (AvgIpc) is 3.11. The first-order chi connectivity index (χ1) is 14.2. The van der Waals surface area contributed by atoms with Crippen molar-refractivity contribution in [3.05, 3.63) is 53.1 Å². The van der Waals surface area contributed by atoms with Crippen molar-refractivity contribution in [1.82, 2.24) is 4.90 Å². The number of rotatable bonds is 5. The Hall–Kier alpha value is -2.69. The minimum absolute atomic E-state index is 0.101. The number of carbonyl (C=O) groups excluding carboxylic acids is 1. The lowest BCUT2D eigenvalue weighted by atomic mass is 10.0. The molecule has 154 valence electrons. The molecule has 1 amide bonds. The molecule has 4 rings (SSSR count). The predicted octanol–water partition coefficient (Wildman–Crippen LogP) is 4.49. The van der Waals surface area contributed by atoms with Crippen LogP contribution in [0, 0.1) is 6.92 Å². The van der Waals surface area contributed by atoms with Gasteiger partial charge in [-0.05, 0) is 55.0 Å². The number of hydrogen-bond acceptors (Lipinski definition) is 4. The lowest BCUT2D eigenvalue weighted by Crippen LogP contribution is -2.35. The molecule has 0 aliphatic carbocycles. The molecule has 5 nitrogen and oxygen atoms in total. The highest BCUT2D eigenvalue weighted by molar-refractivity contribution is 5.82. The monoisotopic (exact) mass is 394 g/mol. The Labute approximate surface area is 173 Å². The smallest absolute Gasteiger partial charge is 0.242 e. The van der Waals surface area contributed by atoms with Gasteiger partial charge in [0.05, 0.1) is 25.8 Å². The summed E-state index contributed by atoms with van der Waals surface area (Å²) in [4.78, 5) is 15.1. The van der Waals surface area contributed by atoms with Gasteiger partial charge in [-0.3, -0.25) is 4.79 Å². The molecule has 1 N–H and O–H groups in total. The van der Waals surface area contributed by atoms with Gasteiger partial charge in [-0.15, -0.1) is 0 Å². The van der Waals surface area contributed by atoms with E-state index >= 15 is 0 Å². The fourth-order valence-electron chi connectivity index (χ4n) is 4.34. The number of ether oxygens (including phenoxy) is 2. The number of carbonyl (C=O) groups is 1. The number of likely N-dealkylation sites (tertiary alicyclic amines) is 1. The van der Waals surface area contributed by atoms with Gasteiger partial charge in [0.25, 0.3) is 0 Å². The van der Waals surface area contributed by atoms with Crippen LogP contribution in [0.25, 0.3) is 0 Å². The molecule has 0 bridgehead atoms. The van der Waals surface area contributed by atoms with Gasteiger partial charge >= 0.3 is 0 Å². The van der Waals surface area contributed by atoms with Gasteiger partial charge in [0.1, 0.15) is 0 Å². The van der Waals surface area contributed by atoms with E-state index < -0.39 is 0 Å². The van der Waals surface area contributed by atoms with Gasteiger partial charge in [0.15, 0.2) is 11.5 Å². The van der Waals surface area contributed by atoms with Crippen LogP contribution in [0.1, 0.15) is 48.9 Å². The van der Waals surface area contributed by atoms with Gasteiger partial charge in [0.2, 0.25) is 5.91 Å². The summed E-state index contributed by atoms with van der Waals surface area (Å²) in [5.74, 6) is 1.74. The van der Waals surface area contributed by atoms with Crippen LogP contribution in [0.4, 0.5) is 5.69 Å². The highest BCUT2D eigenvalue weighted by atomic mass is 16.5. The molecule has 1 atom stereocenters. The van der Waals surface area contributed by atoms with Gasteiger partial charge in [-0.2, -0.15) is 0 Å². The number of benzene rings is 2. The van der Waals surface area contributed by atoms with Crippen LogP contribution >= 0.6 is 0 Å². The third-order valence-corrected chi connectivity index (χ3v) is 5.89. The number of nitrogens with zero attached hydrogens (tertiary/aromatic N) is 1. The third kappa shape index (κ3) is 4.19. The number of nitrogens with one attached hydrogen (secondary N) is 1. The lowest BCUT2D eigenvalue weighted by molar-refractivity contribution is -0.130. The van der Waals surface area contributed by atoms with Crippen molar-refractivity contribution in [1.29, 1.82) is 0 Å². The number of amides is 1. The SMILES string of the molecule is CCc1cccc(C)c1NCC(=O)N1CCCC1c1ccc2c(c1)OCCCO2. The summed E-state index contributed by atoms with van der Waals surface area (Å²) in [6.07, 6.45) is 3.84. The molecule has 0 radical (unpaired) electrons. The summed E-state index contributed by atoms with van der Waals surface area (Å²) >= 11 is 0. The van der Waals surface area contributed by atoms with Crippen molar-refractivity contribution in [2.45, 2.75) is 45.6 Å². The molecule has 2 aliphatic heterocycles. The number of aryl methyl sites for hydroxylation is 2. The van der Waals surface area contributed by atoms with Crippen LogP contribution in [0.15, 0.2) is 36.4 Å². The zero-order valence-corrected chi connectivity index (χ0v) is 17.4. The Morgan fingerprint density at radius 3 is 2.79 bits per heavy atom. The summed E-state index contributed by atoms with van der Waals surface area (Å²) in [5, 5.41) is 3.40. The molecule has 29 heavy (non-hydrogen) atoms. The topological polar surface area (TPSA) is 50.8 Å². The maximum absolute atomic E-state index is 13.1. The van der Waals surface area contributed by atoms with Gasteiger partial charge in [-0.1, -0.05) is 31.2 Å². The number of hydrogen-bond donors (Lipinski definition) is 1.